The molecule has 7 heteroatoms. The zero-order chi connectivity index (χ0) is 20.3. The summed E-state index contributed by atoms with van der Waals surface area (Å²) in [5, 5.41) is 2.94. The summed E-state index contributed by atoms with van der Waals surface area (Å²) in [6.45, 7) is 7.27. The van der Waals surface area contributed by atoms with E-state index in [-0.39, 0.29) is 24.6 Å². The molecule has 6 nitrogen and oxygen atoms in total. The molecule has 2 aromatic heterocycles. The maximum Gasteiger partial charge on any atom is 0.340 e. The Labute approximate surface area is 167 Å². The first-order valence-electron chi connectivity index (χ1n) is 8.95. The molecular formula is C21H22N2O4S. The van der Waals surface area contributed by atoms with E-state index in [4.69, 9.17) is 9.47 Å². The summed E-state index contributed by atoms with van der Waals surface area (Å²) in [7, 11) is 0. The average Bonchev–Trinajstić information content (AvgIpc) is 3.23. The molecule has 0 amide bonds. The van der Waals surface area contributed by atoms with Crippen molar-refractivity contribution in [3.8, 4) is 16.3 Å². The van der Waals surface area contributed by atoms with Crippen molar-refractivity contribution in [3.05, 3.63) is 57.9 Å². The number of benzene rings is 1. The number of rotatable bonds is 7. The molecule has 28 heavy (non-hydrogen) atoms. The van der Waals surface area contributed by atoms with Crippen molar-refractivity contribution in [3.63, 3.8) is 0 Å². The third-order valence-corrected chi connectivity index (χ3v) is 5.23. The zero-order valence-corrected chi connectivity index (χ0v) is 17.1. The Bertz CT molecular complexity index is 1000. The second-order valence-electron chi connectivity index (χ2n) is 6.38. The minimum atomic E-state index is -0.504. The Kier molecular flexibility index (Phi) is 5.94. The van der Waals surface area contributed by atoms with Gasteiger partial charge < -0.3 is 14.5 Å². The van der Waals surface area contributed by atoms with Gasteiger partial charge in [-0.2, -0.15) is 0 Å². The molecule has 0 atom stereocenters. The van der Waals surface area contributed by atoms with Crippen molar-refractivity contribution in [1.82, 2.24) is 9.97 Å². The third kappa shape index (κ3) is 4.14. The number of aromatic nitrogens is 2. The lowest BCUT2D eigenvalue weighted by atomic mass is 10.1. The van der Waals surface area contributed by atoms with Crippen LogP contribution in [0, 0.1) is 20.8 Å². The molecule has 0 unspecified atom stereocenters. The van der Waals surface area contributed by atoms with Gasteiger partial charge in [0.05, 0.1) is 17.7 Å². The van der Waals surface area contributed by atoms with E-state index in [9.17, 15) is 9.59 Å². The molecule has 3 rings (SSSR count). The second-order valence-corrected chi connectivity index (χ2v) is 7.23. The number of esters is 1. The lowest BCUT2D eigenvalue weighted by molar-refractivity contribution is 0.0522. The van der Waals surface area contributed by atoms with Gasteiger partial charge in [-0.1, -0.05) is 0 Å². The molecule has 0 saturated heterocycles. The number of hydrogen-bond donors (Lipinski definition) is 1. The molecule has 3 aromatic rings. The molecule has 0 aliphatic carbocycles. The van der Waals surface area contributed by atoms with E-state index in [2.05, 4.69) is 9.97 Å². The number of aryl methyl sites for hydroxylation is 3. The van der Waals surface area contributed by atoms with Gasteiger partial charge in [0, 0.05) is 28.0 Å². The van der Waals surface area contributed by atoms with Gasteiger partial charge in [0.1, 0.15) is 10.8 Å². The van der Waals surface area contributed by atoms with Crippen LogP contribution in [0.1, 0.15) is 44.7 Å². The van der Waals surface area contributed by atoms with Crippen molar-refractivity contribution in [2.75, 3.05) is 13.2 Å². The number of nitrogens with one attached hydrogen (secondary N) is 1. The molecule has 0 aliphatic heterocycles. The standard InChI is InChI=1S/C21H22N2O4S/c1-5-26-21(25)19-14(4)23-13(3)18(19)17(24)10-27-16-8-6-15(7-9-16)20-22-12(2)11-28-20/h6-9,11,23H,5,10H2,1-4H3. The number of aromatic amines is 1. The van der Waals surface area contributed by atoms with Gasteiger partial charge in [0.25, 0.3) is 0 Å². The molecule has 0 saturated carbocycles. The van der Waals surface area contributed by atoms with Crippen molar-refractivity contribution in [1.29, 1.82) is 0 Å². The van der Waals surface area contributed by atoms with E-state index < -0.39 is 5.97 Å². The molecule has 1 N–H and O–H groups in total. The molecule has 0 bridgehead atoms. The van der Waals surface area contributed by atoms with Crippen LogP contribution in [0.3, 0.4) is 0 Å². The Morgan fingerprint density at radius 1 is 1.07 bits per heavy atom. The minimum Gasteiger partial charge on any atom is -0.485 e. The maximum absolute atomic E-state index is 12.7. The molecule has 0 radical (unpaired) electrons. The maximum atomic E-state index is 12.7. The van der Waals surface area contributed by atoms with Crippen molar-refractivity contribution in [2.24, 2.45) is 0 Å². The lowest BCUT2D eigenvalue weighted by Gasteiger charge is -2.08. The predicted molar refractivity (Wildman–Crippen MR) is 108 cm³/mol. The highest BCUT2D eigenvalue weighted by molar-refractivity contribution is 7.13. The summed E-state index contributed by atoms with van der Waals surface area (Å²) < 4.78 is 10.7. The predicted octanol–water partition coefficient (Wildman–Crippen LogP) is 4.50. The Morgan fingerprint density at radius 3 is 2.36 bits per heavy atom. The number of hydrogen-bond acceptors (Lipinski definition) is 6. The van der Waals surface area contributed by atoms with Crippen LogP contribution in [0.4, 0.5) is 0 Å². The minimum absolute atomic E-state index is 0.166. The lowest BCUT2D eigenvalue weighted by Crippen LogP contribution is -2.17. The largest absolute Gasteiger partial charge is 0.485 e. The van der Waals surface area contributed by atoms with E-state index in [0.29, 0.717) is 22.7 Å². The third-order valence-electron chi connectivity index (χ3n) is 4.22. The van der Waals surface area contributed by atoms with Crippen LogP contribution in [0.2, 0.25) is 0 Å². The summed E-state index contributed by atoms with van der Waals surface area (Å²) >= 11 is 1.58. The molecule has 146 valence electrons. The van der Waals surface area contributed by atoms with Gasteiger partial charge in [0.15, 0.2) is 6.61 Å². The first kappa shape index (κ1) is 19.8. The smallest absolute Gasteiger partial charge is 0.340 e. The molecule has 0 spiro atoms. The van der Waals surface area contributed by atoms with Crippen LogP contribution >= 0.6 is 11.3 Å². The number of ether oxygens (including phenoxy) is 2. The van der Waals surface area contributed by atoms with Crippen molar-refractivity contribution in [2.45, 2.75) is 27.7 Å². The van der Waals surface area contributed by atoms with Gasteiger partial charge >= 0.3 is 5.97 Å². The van der Waals surface area contributed by atoms with Gasteiger partial charge in [0.2, 0.25) is 5.78 Å². The number of thiazole rings is 1. The average molecular weight is 398 g/mol. The Morgan fingerprint density at radius 2 is 1.75 bits per heavy atom. The molecule has 1 aromatic carbocycles. The van der Waals surface area contributed by atoms with Crippen LogP contribution in [-0.4, -0.2) is 34.9 Å². The van der Waals surface area contributed by atoms with Crippen LogP contribution in [0.15, 0.2) is 29.6 Å². The normalized spacial score (nSPS) is 10.7. The van der Waals surface area contributed by atoms with Crippen molar-refractivity contribution < 1.29 is 19.1 Å². The number of ketones is 1. The van der Waals surface area contributed by atoms with Crippen LogP contribution in [0.5, 0.6) is 5.75 Å². The molecular weight excluding hydrogens is 376 g/mol. The van der Waals surface area contributed by atoms with E-state index in [1.807, 2.05) is 24.4 Å². The highest BCUT2D eigenvalue weighted by atomic mass is 32.1. The first-order chi connectivity index (χ1) is 13.4. The van der Waals surface area contributed by atoms with Gasteiger partial charge in [-0.25, -0.2) is 9.78 Å². The highest BCUT2D eigenvalue weighted by Gasteiger charge is 2.25. The van der Waals surface area contributed by atoms with Gasteiger partial charge in [-0.15, -0.1) is 11.3 Å². The van der Waals surface area contributed by atoms with Crippen LogP contribution in [-0.2, 0) is 4.74 Å². The summed E-state index contributed by atoms with van der Waals surface area (Å²) in [6, 6.07) is 7.43. The fourth-order valence-corrected chi connectivity index (χ4v) is 3.79. The van der Waals surface area contributed by atoms with Gasteiger partial charge in [-0.05, 0) is 52.0 Å². The number of carbonyl (C=O) groups excluding carboxylic acids is 2. The zero-order valence-electron chi connectivity index (χ0n) is 16.3. The number of carbonyl (C=O) groups is 2. The van der Waals surface area contributed by atoms with E-state index in [1.165, 1.54) is 0 Å². The summed E-state index contributed by atoms with van der Waals surface area (Å²) in [6.07, 6.45) is 0. The van der Waals surface area contributed by atoms with Crippen LogP contribution in [0.25, 0.3) is 10.6 Å². The Hall–Kier alpha value is -2.93. The second kappa shape index (κ2) is 8.39. The number of H-pyrrole nitrogens is 1. The van der Waals surface area contributed by atoms with E-state index >= 15 is 0 Å². The monoisotopic (exact) mass is 398 g/mol. The van der Waals surface area contributed by atoms with Crippen molar-refractivity contribution >= 4 is 23.1 Å². The molecule has 2 heterocycles. The topological polar surface area (TPSA) is 81.3 Å². The molecule has 0 aliphatic rings. The fraction of sp³-hybridized carbons (Fsp3) is 0.286. The number of Topliss-reactive ketones (excluding diaryl/α,β-unsaturated/α-hetero) is 1. The quantitative estimate of drug-likeness (QED) is 0.468. The van der Waals surface area contributed by atoms with Crippen LogP contribution < -0.4 is 4.74 Å². The van der Waals surface area contributed by atoms with Gasteiger partial charge in [-0.3, -0.25) is 4.79 Å². The summed E-state index contributed by atoms with van der Waals surface area (Å²) in [5.41, 5.74) is 3.83. The fourth-order valence-electron chi connectivity index (χ4n) is 2.99. The highest BCUT2D eigenvalue weighted by Crippen LogP contribution is 2.26. The summed E-state index contributed by atoms with van der Waals surface area (Å²) in [5.74, 6) is -0.201. The molecule has 0 fully saturated rings. The van der Waals surface area contributed by atoms with E-state index in [0.717, 1.165) is 16.3 Å². The SMILES string of the molecule is CCOC(=O)c1c(C)[nH]c(C)c1C(=O)COc1ccc(-c2nc(C)cs2)cc1. The summed E-state index contributed by atoms with van der Waals surface area (Å²) in [4.78, 5) is 32.4. The number of nitrogens with zero attached hydrogens (tertiary/aromatic N) is 1. The Balaban J connectivity index is 1.71. The first-order valence-corrected chi connectivity index (χ1v) is 9.83. The van der Waals surface area contributed by atoms with E-state index in [1.54, 1.807) is 44.2 Å².